The number of hydrogen-bond acceptors (Lipinski definition) is 1. The zero-order valence-electron chi connectivity index (χ0n) is 9.17. The Morgan fingerprint density at radius 3 is 2.07 bits per heavy atom. The Bertz CT molecular complexity index is 294. The van der Waals surface area contributed by atoms with Crippen LogP contribution in [-0.4, -0.2) is 12.5 Å². The lowest BCUT2D eigenvalue weighted by Gasteiger charge is -2.58. The van der Waals surface area contributed by atoms with Crippen molar-refractivity contribution in [2.24, 2.45) is 29.1 Å². The number of carbonyl (C=O) groups is 1. The van der Waals surface area contributed by atoms with E-state index in [1.54, 1.807) is 0 Å². The summed E-state index contributed by atoms with van der Waals surface area (Å²) < 4.78 is 0. The molecule has 5 rings (SSSR count). The largest absolute Gasteiger partial charge is 0.356 e. The van der Waals surface area contributed by atoms with Crippen molar-refractivity contribution in [3.05, 3.63) is 0 Å². The SMILES string of the molecule is O=C1NCCC12C1CC3CC(C1)CC2C3. The Balaban J connectivity index is 1.78. The smallest absolute Gasteiger partial charge is 0.226 e. The van der Waals surface area contributed by atoms with Gasteiger partial charge in [0.2, 0.25) is 5.91 Å². The molecule has 5 fully saturated rings. The van der Waals surface area contributed by atoms with E-state index in [9.17, 15) is 4.79 Å². The zero-order valence-corrected chi connectivity index (χ0v) is 9.17. The summed E-state index contributed by atoms with van der Waals surface area (Å²) in [6.07, 6.45) is 8.06. The van der Waals surface area contributed by atoms with E-state index in [-0.39, 0.29) is 5.41 Å². The molecule has 1 heterocycles. The van der Waals surface area contributed by atoms with Crippen LogP contribution < -0.4 is 5.32 Å². The van der Waals surface area contributed by atoms with Gasteiger partial charge >= 0.3 is 0 Å². The molecule has 2 nitrogen and oxygen atoms in total. The highest BCUT2D eigenvalue weighted by atomic mass is 16.2. The summed E-state index contributed by atoms with van der Waals surface area (Å²) >= 11 is 0. The number of nitrogens with one attached hydrogen (secondary N) is 1. The van der Waals surface area contributed by atoms with Crippen molar-refractivity contribution in [1.82, 2.24) is 5.32 Å². The number of hydrogen-bond donors (Lipinski definition) is 1. The second-order valence-corrected chi connectivity index (χ2v) is 6.35. The van der Waals surface area contributed by atoms with Gasteiger partial charge in [0.25, 0.3) is 0 Å². The molecule has 4 saturated carbocycles. The van der Waals surface area contributed by atoms with Crippen molar-refractivity contribution in [2.45, 2.75) is 38.5 Å². The highest BCUT2D eigenvalue weighted by Crippen LogP contribution is 2.64. The van der Waals surface area contributed by atoms with E-state index in [2.05, 4.69) is 5.32 Å². The average Bonchev–Trinajstić information content (AvgIpc) is 2.57. The summed E-state index contributed by atoms with van der Waals surface area (Å²) in [5.74, 6) is 3.86. The van der Waals surface area contributed by atoms with Gasteiger partial charge in [-0.15, -0.1) is 0 Å². The van der Waals surface area contributed by atoms with E-state index >= 15 is 0 Å². The van der Waals surface area contributed by atoms with Crippen LogP contribution in [0.15, 0.2) is 0 Å². The molecule has 0 aromatic heterocycles. The first kappa shape index (κ1) is 8.60. The first-order chi connectivity index (χ1) is 7.29. The maximum atomic E-state index is 12.2. The molecule has 1 aliphatic heterocycles. The maximum absolute atomic E-state index is 12.2. The summed E-state index contributed by atoms with van der Waals surface area (Å²) in [6.45, 7) is 0.946. The van der Waals surface area contributed by atoms with Crippen LogP contribution in [0, 0.1) is 29.1 Å². The Morgan fingerprint density at radius 2 is 1.60 bits per heavy atom. The van der Waals surface area contributed by atoms with E-state index in [1.807, 2.05) is 0 Å². The van der Waals surface area contributed by atoms with Crippen LogP contribution in [0.5, 0.6) is 0 Å². The Morgan fingerprint density at radius 1 is 1.00 bits per heavy atom. The van der Waals surface area contributed by atoms with Crippen LogP contribution in [0.3, 0.4) is 0 Å². The second kappa shape index (κ2) is 2.58. The molecule has 0 unspecified atom stereocenters. The molecule has 82 valence electrons. The first-order valence-corrected chi connectivity index (χ1v) is 6.57. The molecule has 0 atom stereocenters. The minimum Gasteiger partial charge on any atom is -0.356 e. The summed E-state index contributed by atoms with van der Waals surface area (Å²) in [4.78, 5) is 12.2. The van der Waals surface area contributed by atoms with Gasteiger partial charge in [-0.3, -0.25) is 4.79 Å². The number of amides is 1. The lowest BCUT2D eigenvalue weighted by atomic mass is 9.45. The number of carbonyl (C=O) groups excluding carboxylic acids is 1. The van der Waals surface area contributed by atoms with Crippen molar-refractivity contribution in [3.8, 4) is 0 Å². The van der Waals surface area contributed by atoms with E-state index < -0.39 is 0 Å². The fraction of sp³-hybridized carbons (Fsp3) is 0.923. The van der Waals surface area contributed by atoms with Crippen LogP contribution in [-0.2, 0) is 4.79 Å². The van der Waals surface area contributed by atoms with Crippen LogP contribution in [0.4, 0.5) is 0 Å². The van der Waals surface area contributed by atoms with Crippen molar-refractivity contribution < 1.29 is 4.79 Å². The van der Waals surface area contributed by atoms with Gasteiger partial charge in [-0.25, -0.2) is 0 Å². The molecule has 0 aromatic rings. The van der Waals surface area contributed by atoms with Gasteiger partial charge in [0, 0.05) is 6.54 Å². The fourth-order valence-electron chi connectivity index (χ4n) is 5.47. The monoisotopic (exact) mass is 205 g/mol. The van der Waals surface area contributed by atoms with Gasteiger partial charge in [0.1, 0.15) is 0 Å². The Labute approximate surface area is 90.8 Å². The molecular weight excluding hydrogens is 186 g/mol. The third-order valence-corrected chi connectivity index (χ3v) is 5.84. The molecular formula is C13H19NO. The van der Waals surface area contributed by atoms with Gasteiger partial charge in [-0.05, 0) is 62.2 Å². The molecule has 4 aliphatic carbocycles. The quantitative estimate of drug-likeness (QED) is 0.643. The lowest BCUT2D eigenvalue weighted by molar-refractivity contribution is -0.153. The van der Waals surface area contributed by atoms with Gasteiger partial charge in [-0.1, -0.05) is 0 Å². The second-order valence-electron chi connectivity index (χ2n) is 6.35. The molecule has 0 radical (unpaired) electrons. The fourth-order valence-corrected chi connectivity index (χ4v) is 5.47. The van der Waals surface area contributed by atoms with Crippen molar-refractivity contribution in [1.29, 1.82) is 0 Å². The van der Waals surface area contributed by atoms with Gasteiger partial charge < -0.3 is 5.32 Å². The van der Waals surface area contributed by atoms with Crippen molar-refractivity contribution in [2.75, 3.05) is 6.54 Å². The van der Waals surface area contributed by atoms with Crippen molar-refractivity contribution >= 4 is 5.91 Å². The summed E-state index contributed by atoms with van der Waals surface area (Å²) in [5.41, 5.74) is 0.105. The van der Waals surface area contributed by atoms with Crippen molar-refractivity contribution in [3.63, 3.8) is 0 Å². The minimum absolute atomic E-state index is 0.105. The molecule has 1 N–H and O–H groups in total. The molecule has 2 heteroatoms. The third-order valence-electron chi connectivity index (χ3n) is 5.84. The van der Waals surface area contributed by atoms with Crippen LogP contribution in [0.2, 0.25) is 0 Å². The summed E-state index contributed by atoms with van der Waals surface area (Å²) in [6, 6.07) is 0. The molecule has 4 bridgehead atoms. The van der Waals surface area contributed by atoms with Gasteiger partial charge in [-0.2, -0.15) is 0 Å². The Kier molecular flexibility index (Phi) is 1.48. The van der Waals surface area contributed by atoms with E-state index in [0.29, 0.717) is 5.91 Å². The predicted octanol–water partition coefficient (Wildman–Crippen LogP) is 1.95. The topological polar surface area (TPSA) is 29.1 Å². The Hall–Kier alpha value is -0.530. The van der Waals surface area contributed by atoms with E-state index in [1.165, 1.54) is 32.1 Å². The minimum atomic E-state index is 0.105. The molecule has 1 spiro atoms. The van der Waals surface area contributed by atoms with Gasteiger partial charge in [0.05, 0.1) is 5.41 Å². The summed E-state index contributed by atoms with van der Waals surface area (Å²) in [7, 11) is 0. The predicted molar refractivity (Wildman–Crippen MR) is 57.1 cm³/mol. The van der Waals surface area contributed by atoms with Crippen LogP contribution in [0.25, 0.3) is 0 Å². The standard InChI is InChI=1S/C13H19NO/c15-12-13(1-2-14-12)10-4-8-3-9(6-10)7-11(13)5-8/h8-11H,1-7H2,(H,14,15). The third kappa shape index (κ3) is 0.896. The molecule has 0 aromatic carbocycles. The molecule has 5 aliphatic rings. The first-order valence-electron chi connectivity index (χ1n) is 6.57. The molecule has 15 heavy (non-hydrogen) atoms. The highest BCUT2D eigenvalue weighted by Gasteiger charge is 2.61. The zero-order chi connectivity index (χ0) is 10.0. The van der Waals surface area contributed by atoms with Crippen LogP contribution >= 0.6 is 0 Å². The summed E-state index contributed by atoms with van der Waals surface area (Å²) in [5, 5.41) is 3.10. The van der Waals surface area contributed by atoms with Crippen LogP contribution in [0.1, 0.15) is 38.5 Å². The van der Waals surface area contributed by atoms with E-state index in [4.69, 9.17) is 0 Å². The van der Waals surface area contributed by atoms with E-state index in [0.717, 1.165) is 36.6 Å². The number of rotatable bonds is 0. The maximum Gasteiger partial charge on any atom is 0.226 e. The lowest BCUT2D eigenvalue weighted by Crippen LogP contribution is -2.55. The molecule has 1 amide bonds. The molecule has 1 saturated heterocycles. The highest BCUT2D eigenvalue weighted by molar-refractivity contribution is 5.85. The van der Waals surface area contributed by atoms with Gasteiger partial charge in [0.15, 0.2) is 0 Å². The average molecular weight is 205 g/mol. The normalized spacial score (nSPS) is 56.4.